The van der Waals surface area contributed by atoms with Crippen LogP contribution in [0.1, 0.15) is 31.2 Å². The summed E-state index contributed by atoms with van der Waals surface area (Å²) in [6, 6.07) is 13.5. The Kier molecular flexibility index (Phi) is 8.78. The Labute approximate surface area is 211 Å². The summed E-state index contributed by atoms with van der Waals surface area (Å²) in [6.45, 7) is 5.31. The van der Waals surface area contributed by atoms with E-state index in [9.17, 15) is 4.79 Å². The summed E-state index contributed by atoms with van der Waals surface area (Å²) in [7, 11) is 3.18. The van der Waals surface area contributed by atoms with Gasteiger partial charge in [0.15, 0.2) is 11.5 Å². The Balaban J connectivity index is 1.27. The van der Waals surface area contributed by atoms with Crippen LogP contribution >= 0.6 is 0 Å². The van der Waals surface area contributed by atoms with Crippen LogP contribution in [0.5, 0.6) is 17.2 Å². The van der Waals surface area contributed by atoms with Gasteiger partial charge in [0, 0.05) is 18.7 Å². The largest absolute Gasteiger partial charge is 0.494 e. The number of nitrogens with one attached hydrogen (secondary N) is 1. The van der Waals surface area contributed by atoms with Crippen molar-refractivity contribution in [3.63, 3.8) is 0 Å². The molecule has 9 nitrogen and oxygen atoms in total. The van der Waals surface area contributed by atoms with Crippen LogP contribution in [0, 0.1) is 5.92 Å². The average molecular weight is 495 g/mol. The Morgan fingerprint density at radius 1 is 1.14 bits per heavy atom. The molecule has 1 N–H and O–H groups in total. The number of hydrogen-bond donors (Lipinski definition) is 1. The normalized spacial score (nSPS) is 15.9. The topological polar surface area (TPSA) is 99.0 Å². The molecule has 0 spiro atoms. The highest BCUT2D eigenvalue weighted by molar-refractivity contribution is 5.79. The van der Waals surface area contributed by atoms with Crippen molar-refractivity contribution < 1.29 is 23.5 Å². The van der Waals surface area contributed by atoms with Gasteiger partial charge in [0.25, 0.3) is 0 Å². The number of nitrogens with zero attached hydrogens (tertiary/aromatic N) is 3. The minimum Gasteiger partial charge on any atom is -0.494 e. The molecule has 1 aromatic heterocycles. The number of carbonyl (C=O) groups is 1. The minimum atomic E-state index is -0.0488. The molecule has 0 radical (unpaired) electrons. The first-order valence-electron chi connectivity index (χ1n) is 12.4. The van der Waals surface area contributed by atoms with E-state index in [1.165, 1.54) is 5.56 Å². The number of rotatable bonds is 11. The molecule has 0 bridgehead atoms. The monoisotopic (exact) mass is 494 g/mol. The first-order valence-corrected chi connectivity index (χ1v) is 12.4. The molecule has 4 rings (SSSR count). The van der Waals surface area contributed by atoms with Gasteiger partial charge in [-0.15, -0.1) is 0 Å². The van der Waals surface area contributed by atoms with Gasteiger partial charge >= 0.3 is 0 Å². The third-order valence-corrected chi connectivity index (χ3v) is 6.29. The lowest BCUT2D eigenvalue weighted by atomic mass is 9.97. The smallest absolute Gasteiger partial charge is 0.241 e. The molecule has 2 heterocycles. The Bertz CT molecular complexity index is 1130. The molecule has 1 amide bonds. The van der Waals surface area contributed by atoms with Crippen molar-refractivity contribution in [3.05, 3.63) is 53.9 Å². The molecular formula is C27H34N4O5. The predicted octanol–water partition coefficient (Wildman–Crippen LogP) is 3.72. The van der Waals surface area contributed by atoms with E-state index in [-0.39, 0.29) is 11.8 Å². The number of ether oxygens (including phenoxy) is 3. The van der Waals surface area contributed by atoms with E-state index < -0.39 is 0 Å². The Hall–Kier alpha value is -3.59. The second-order valence-electron chi connectivity index (χ2n) is 8.77. The van der Waals surface area contributed by atoms with Crippen molar-refractivity contribution in [1.29, 1.82) is 0 Å². The first-order chi connectivity index (χ1) is 17.6. The quantitative estimate of drug-likeness (QED) is 0.431. The van der Waals surface area contributed by atoms with Gasteiger partial charge in [0.1, 0.15) is 5.75 Å². The number of carbonyl (C=O) groups excluding carboxylic acids is 1. The molecular weight excluding hydrogens is 460 g/mol. The fourth-order valence-corrected chi connectivity index (χ4v) is 4.41. The van der Waals surface area contributed by atoms with Crippen LogP contribution in [0.15, 0.2) is 47.0 Å². The molecule has 36 heavy (non-hydrogen) atoms. The summed E-state index contributed by atoms with van der Waals surface area (Å²) >= 11 is 0. The molecule has 0 saturated carbocycles. The number of amides is 1. The van der Waals surface area contributed by atoms with Gasteiger partial charge in [0.2, 0.25) is 17.6 Å². The van der Waals surface area contributed by atoms with Crippen molar-refractivity contribution >= 4 is 5.91 Å². The highest BCUT2D eigenvalue weighted by Crippen LogP contribution is 2.31. The molecule has 2 aromatic carbocycles. The van der Waals surface area contributed by atoms with E-state index in [0.29, 0.717) is 49.5 Å². The van der Waals surface area contributed by atoms with Crippen molar-refractivity contribution in [2.24, 2.45) is 5.92 Å². The summed E-state index contributed by atoms with van der Waals surface area (Å²) in [5.74, 6) is 3.18. The third kappa shape index (κ3) is 6.54. The van der Waals surface area contributed by atoms with Crippen LogP contribution in [0.4, 0.5) is 0 Å². The van der Waals surface area contributed by atoms with E-state index in [1.807, 2.05) is 49.4 Å². The fraction of sp³-hybridized carbons (Fsp3) is 0.444. The summed E-state index contributed by atoms with van der Waals surface area (Å²) < 4.78 is 21.6. The summed E-state index contributed by atoms with van der Waals surface area (Å²) in [5.41, 5.74) is 1.96. The van der Waals surface area contributed by atoms with E-state index in [1.54, 1.807) is 14.2 Å². The molecule has 9 heteroatoms. The predicted molar refractivity (Wildman–Crippen MR) is 135 cm³/mol. The van der Waals surface area contributed by atoms with E-state index >= 15 is 0 Å². The zero-order chi connectivity index (χ0) is 25.3. The maximum Gasteiger partial charge on any atom is 0.241 e. The maximum absolute atomic E-state index is 12.8. The highest BCUT2D eigenvalue weighted by atomic mass is 16.5. The number of piperidine rings is 1. The van der Waals surface area contributed by atoms with Gasteiger partial charge in [-0.05, 0) is 68.6 Å². The van der Waals surface area contributed by atoms with Crippen LogP contribution < -0.4 is 19.5 Å². The molecule has 3 aromatic rings. The number of benzene rings is 2. The molecule has 192 valence electrons. The molecule has 1 fully saturated rings. The van der Waals surface area contributed by atoms with E-state index in [2.05, 4.69) is 20.4 Å². The first kappa shape index (κ1) is 25.5. The molecule has 1 saturated heterocycles. The lowest BCUT2D eigenvalue weighted by Gasteiger charge is -2.30. The van der Waals surface area contributed by atoms with Crippen molar-refractivity contribution in [1.82, 2.24) is 20.4 Å². The van der Waals surface area contributed by atoms with Crippen molar-refractivity contribution in [3.8, 4) is 28.6 Å². The second kappa shape index (κ2) is 12.4. The molecule has 1 aliphatic rings. The maximum atomic E-state index is 12.8. The summed E-state index contributed by atoms with van der Waals surface area (Å²) in [4.78, 5) is 19.5. The standard InChI is InChI=1S/C27H34N4O5/c1-4-35-22-10-7-19(8-11-22)13-14-28-27(32)21-6-5-15-31(17-21)18-25-29-26(30-36-25)20-9-12-23(33-2)24(16-20)34-3/h7-12,16,21H,4-6,13-15,17-18H2,1-3H3,(H,28,32). The lowest BCUT2D eigenvalue weighted by Crippen LogP contribution is -2.43. The molecule has 1 unspecified atom stereocenters. The summed E-state index contributed by atoms with van der Waals surface area (Å²) in [6.07, 6.45) is 2.62. The van der Waals surface area contributed by atoms with Gasteiger partial charge in [-0.2, -0.15) is 4.98 Å². The zero-order valence-electron chi connectivity index (χ0n) is 21.2. The number of methoxy groups -OCH3 is 2. The van der Waals surface area contributed by atoms with Crippen molar-refractivity contribution in [2.75, 3.05) is 40.5 Å². The van der Waals surface area contributed by atoms with Gasteiger partial charge < -0.3 is 24.1 Å². The van der Waals surface area contributed by atoms with Gasteiger partial charge in [-0.3, -0.25) is 9.69 Å². The van der Waals surface area contributed by atoms with Crippen molar-refractivity contribution in [2.45, 2.75) is 32.7 Å². The molecule has 1 atom stereocenters. The van der Waals surface area contributed by atoms with Gasteiger partial charge in [0.05, 0.1) is 33.3 Å². The minimum absolute atomic E-state index is 0.0488. The summed E-state index contributed by atoms with van der Waals surface area (Å²) in [5, 5.41) is 7.23. The zero-order valence-corrected chi connectivity index (χ0v) is 21.2. The lowest BCUT2D eigenvalue weighted by molar-refractivity contribution is -0.126. The second-order valence-corrected chi connectivity index (χ2v) is 8.77. The fourth-order valence-electron chi connectivity index (χ4n) is 4.41. The van der Waals surface area contributed by atoms with E-state index in [0.717, 1.165) is 37.1 Å². The third-order valence-electron chi connectivity index (χ3n) is 6.29. The van der Waals surface area contributed by atoms with Gasteiger partial charge in [-0.25, -0.2) is 0 Å². The van der Waals surface area contributed by atoms with Crippen LogP contribution in [-0.2, 0) is 17.8 Å². The molecule has 0 aliphatic carbocycles. The number of hydrogen-bond acceptors (Lipinski definition) is 8. The van der Waals surface area contributed by atoms with Crippen LogP contribution in [0.3, 0.4) is 0 Å². The molecule has 1 aliphatic heterocycles. The highest BCUT2D eigenvalue weighted by Gasteiger charge is 2.27. The average Bonchev–Trinajstić information content (AvgIpc) is 3.38. The van der Waals surface area contributed by atoms with Crippen LogP contribution in [-0.4, -0.2) is 61.4 Å². The Morgan fingerprint density at radius 3 is 2.69 bits per heavy atom. The van der Waals surface area contributed by atoms with E-state index in [4.69, 9.17) is 18.7 Å². The SMILES string of the molecule is CCOc1ccc(CCNC(=O)C2CCCN(Cc3nc(-c4ccc(OC)c(OC)c4)no3)C2)cc1. The number of aromatic nitrogens is 2. The van der Waals surface area contributed by atoms with Gasteiger partial charge in [-0.1, -0.05) is 17.3 Å². The Morgan fingerprint density at radius 2 is 1.94 bits per heavy atom. The van der Waals surface area contributed by atoms with Crippen LogP contribution in [0.2, 0.25) is 0 Å². The number of likely N-dealkylation sites (tertiary alicyclic amines) is 1. The van der Waals surface area contributed by atoms with Crippen LogP contribution in [0.25, 0.3) is 11.4 Å².